The van der Waals surface area contributed by atoms with E-state index in [2.05, 4.69) is 35.1 Å². The van der Waals surface area contributed by atoms with Crippen molar-refractivity contribution < 1.29 is 9.66 Å². The minimum Gasteiger partial charge on any atom is -0.380 e. The number of nitro benzene ring substituents is 1. The standard InChI is InChI=1S/C14H19BrN2O3/c1-4-20-13-8-12(14(13,2)3)16-11-7-9(17(18)19)5-6-10(11)15/h5-7,12-13,16H,4,8H2,1-3H3. The molecule has 0 aromatic heterocycles. The topological polar surface area (TPSA) is 64.4 Å². The van der Waals surface area contributed by atoms with E-state index in [0.717, 1.165) is 16.6 Å². The number of nitro groups is 1. The molecular weight excluding hydrogens is 324 g/mol. The lowest BCUT2D eigenvalue weighted by Gasteiger charge is -2.52. The highest BCUT2D eigenvalue weighted by atomic mass is 79.9. The minimum absolute atomic E-state index is 0.0140. The van der Waals surface area contributed by atoms with Gasteiger partial charge in [-0.3, -0.25) is 10.1 Å². The van der Waals surface area contributed by atoms with Gasteiger partial charge in [-0.2, -0.15) is 0 Å². The van der Waals surface area contributed by atoms with Crippen LogP contribution in [0.25, 0.3) is 0 Å². The van der Waals surface area contributed by atoms with Crippen molar-refractivity contribution in [3.8, 4) is 0 Å². The summed E-state index contributed by atoms with van der Waals surface area (Å²) in [6, 6.07) is 5.00. The van der Waals surface area contributed by atoms with Crippen LogP contribution in [-0.2, 0) is 4.74 Å². The number of rotatable bonds is 5. The number of ether oxygens (including phenoxy) is 1. The number of benzene rings is 1. The Balaban J connectivity index is 2.12. The van der Waals surface area contributed by atoms with Gasteiger partial charge in [0, 0.05) is 34.7 Å². The molecule has 0 aliphatic heterocycles. The van der Waals surface area contributed by atoms with E-state index < -0.39 is 0 Å². The van der Waals surface area contributed by atoms with E-state index in [4.69, 9.17) is 4.74 Å². The van der Waals surface area contributed by atoms with Gasteiger partial charge in [0.25, 0.3) is 5.69 Å². The number of nitrogens with one attached hydrogen (secondary N) is 1. The van der Waals surface area contributed by atoms with Crippen molar-refractivity contribution in [3.05, 3.63) is 32.8 Å². The third kappa shape index (κ3) is 2.81. The molecule has 0 saturated heterocycles. The summed E-state index contributed by atoms with van der Waals surface area (Å²) in [5.41, 5.74) is 0.862. The van der Waals surface area contributed by atoms with Crippen LogP contribution in [-0.4, -0.2) is 23.7 Å². The fraction of sp³-hybridized carbons (Fsp3) is 0.571. The summed E-state index contributed by atoms with van der Waals surface area (Å²) in [7, 11) is 0. The van der Waals surface area contributed by atoms with Crippen molar-refractivity contribution >= 4 is 27.3 Å². The Morgan fingerprint density at radius 2 is 2.25 bits per heavy atom. The summed E-state index contributed by atoms with van der Waals surface area (Å²) in [4.78, 5) is 10.5. The fourth-order valence-corrected chi connectivity index (χ4v) is 2.90. The van der Waals surface area contributed by atoms with E-state index in [0.29, 0.717) is 6.61 Å². The highest BCUT2D eigenvalue weighted by Crippen LogP contribution is 2.45. The van der Waals surface area contributed by atoms with Crippen LogP contribution >= 0.6 is 15.9 Å². The van der Waals surface area contributed by atoms with Crippen molar-refractivity contribution in [1.29, 1.82) is 0 Å². The minimum atomic E-state index is -0.382. The molecule has 1 saturated carbocycles. The Labute approximate surface area is 127 Å². The summed E-state index contributed by atoms with van der Waals surface area (Å²) < 4.78 is 6.53. The van der Waals surface area contributed by atoms with E-state index in [1.54, 1.807) is 12.1 Å². The molecule has 1 aliphatic carbocycles. The van der Waals surface area contributed by atoms with E-state index in [-0.39, 0.29) is 28.2 Å². The molecule has 0 amide bonds. The first kappa shape index (κ1) is 15.3. The van der Waals surface area contributed by atoms with Crippen molar-refractivity contribution in [1.82, 2.24) is 0 Å². The summed E-state index contributed by atoms with van der Waals surface area (Å²) in [6.45, 7) is 7.01. The smallest absolute Gasteiger partial charge is 0.271 e. The number of non-ortho nitro benzene ring substituents is 1. The maximum absolute atomic E-state index is 10.8. The second-order valence-corrected chi connectivity index (χ2v) is 6.47. The van der Waals surface area contributed by atoms with Crippen molar-refractivity contribution in [2.24, 2.45) is 5.41 Å². The fourth-order valence-electron chi connectivity index (χ4n) is 2.54. The molecule has 2 unspecified atom stereocenters. The lowest BCUT2D eigenvalue weighted by atomic mass is 9.64. The highest BCUT2D eigenvalue weighted by molar-refractivity contribution is 9.10. The van der Waals surface area contributed by atoms with Crippen molar-refractivity contribution in [2.75, 3.05) is 11.9 Å². The van der Waals surface area contributed by atoms with Gasteiger partial charge in [-0.15, -0.1) is 0 Å². The number of hydrogen-bond acceptors (Lipinski definition) is 4. The van der Waals surface area contributed by atoms with Crippen LogP contribution in [0.15, 0.2) is 22.7 Å². The first-order valence-electron chi connectivity index (χ1n) is 6.68. The van der Waals surface area contributed by atoms with E-state index in [1.165, 1.54) is 6.07 Å². The van der Waals surface area contributed by atoms with Crippen LogP contribution in [0.3, 0.4) is 0 Å². The van der Waals surface area contributed by atoms with Gasteiger partial charge in [0.2, 0.25) is 0 Å². The van der Waals surface area contributed by atoms with Crippen LogP contribution < -0.4 is 5.32 Å². The van der Waals surface area contributed by atoms with Crippen LogP contribution in [0.2, 0.25) is 0 Å². The largest absolute Gasteiger partial charge is 0.380 e. The molecule has 1 aromatic carbocycles. The summed E-state index contributed by atoms with van der Waals surface area (Å²) in [6.07, 6.45) is 1.15. The molecule has 6 heteroatoms. The predicted octanol–water partition coefficient (Wildman–Crippen LogP) is 3.97. The molecule has 1 aromatic rings. The molecule has 0 bridgehead atoms. The molecule has 0 heterocycles. The third-order valence-corrected chi connectivity index (χ3v) is 4.73. The number of halogens is 1. The Hall–Kier alpha value is -1.14. The van der Waals surface area contributed by atoms with Crippen molar-refractivity contribution in [2.45, 2.75) is 39.3 Å². The maximum Gasteiger partial charge on any atom is 0.271 e. The Morgan fingerprint density at radius 1 is 1.55 bits per heavy atom. The SMILES string of the molecule is CCOC1CC(Nc2cc([N+](=O)[O-])ccc2Br)C1(C)C. The van der Waals surface area contributed by atoms with Crippen LogP contribution in [0.5, 0.6) is 0 Å². The second kappa shape index (κ2) is 5.69. The van der Waals surface area contributed by atoms with Gasteiger partial charge in [-0.1, -0.05) is 13.8 Å². The molecule has 1 aliphatic rings. The number of anilines is 1. The van der Waals surface area contributed by atoms with Gasteiger partial charge in [0.1, 0.15) is 0 Å². The van der Waals surface area contributed by atoms with E-state index >= 15 is 0 Å². The highest BCUT2D eigenvalue weighted by Gasteiger charge is 2.49. The van der Waals surface area contributed by atoms with E-state index in [1.807, 2.05) is 6.92 Å². The summed E-state index contributed by atoms with van der Waals surface area (Å²) >= 11 is 3.43. The first-order chi connectivity index (χ1) is 9.36. The molecule has 2 rings (SSSR count). The number of nitrogens with zero attached hydrogens (tertiary/aromatic N) is 1. The molecule has 20 heavy (non-hydrogen) atoms. The second-order valence-electron chi connectivity index (χ2n) is 5.62. The Morgan fingerprint density at radius 3 is 2.80 bits per heavy atom. The van der Waals surface area contributed by atoms with Gasteiger partial charge in [-0.05, 0) is 35.3 Å². The molecule has 110 valence electrons. The summed E-state index contributed by atoms with van der Waals surface area (Å²) in [5, 5.41) is 14.2. The van der Waals surface area contributed by atoms with Gasteiger partial charge in [0.05, 0.1) is 16.7 Å². The zero-order valence-corrected chi connectivity index (χ0v) is 13.4. The zero-order valence-electron chi connectivity index (χ0n) is 11.9. The lowest BCUT2D eigenvalue weighted by Crippen LogP contribution is -2.58. The molecule has 1 fully saturated rings. The molecule has 0 radical (unpaired) electrons. The monoisotopic (exact) mass is 342 g/mol. The normalized spacial score (nSPS) is 24.0. The Kier molecular flexibility index (Phi) is 4.34. The third-order valence-electron chi connectivity index (χ3n) is 4.04. The Bertz CT molecular complexity index is 519. The average molecular weight is 343 g/mol. The molecule has 2 atom stereocenters. The van der Waals surface area contributed by atoms with E-state index in [9.17, 15) is 10.1 Å². The zero-order chi connectivity index (χ0) is 14.9. The quantitative estimate of drug-likeness (QED) is 0.649. The average Bonchev–Trinajstić information content (AvgIpc) is 2.39. The first-order valence-corrected chi connectivity index (χ1v) is 7.47. The van der Waals surface area contributed by atoms with Gasteiger partial charge in [0.15, 0.2) is 0 Å². The summed E-state index contributed by atoms with van der Waals surface area (Å²) in [5.74, 6) is 0. The maximum atomic E-state index is 10.8. The van der Waals surface area contributed by atoms with Crippen LogP contribution in [0, 0.1) is 15.5 Å². The van der Waals surface area contributed by atoms with Gasteiger partial charge < -0.3 is 10.1 Å². The number of hydrogen-bond donors (Lipinski definition) is 1. The predicted molar refractivity (Wildman–Crippen MR) is 82.0 cm³/mol. The lowest BCUT2D eigenvalue weighted by molar-refractivity contribution is -0.384. The van der Waals surface area contributed by atoms with Crippen LogP contribution in [0.1, 0.15) is 27.2 Å². The van der Waals surface area contributed by atoms with Crippen molar-refractivity contribution in [3.63, 3.8) is 0 Å². The molecule has 0 spiro atoms. The molecular formula is C14H19BrN2O3. The van der Waals surface area contributed by atoms with Gasteiger partial charge in [-0.25, -0.2) is 0 Å². The van der Waals surface area contributed by atoms with Crippen LogP contribution in [0.4, 0.5) is 11.4 Å². The molecule has 5 nitrogen and oxygen atoms in total. The van der Waals surface area contributed by atoms with Gasteiger partial charge >= 0.3 is 0 Å². The molecule has 1 N–H and O–H groups in total.